The van der Waals surface area contributed by atoms with Gasteiger partial charge in [0.05, 0.1) is 11.2 Å². The van der Waals surface area contributed by atoms with Crippen LogP contribution in [0, 0.1) is 0 Å². The number of carbonyl (C=O) groups excluding carboxylic acids is 1. The van der Waals surface area contributed by atoms with Gasteiger partial charge in [0, 0.05) is 29.5 Å². The summed E-state index contributed by atoms with van der Waals surface area (Å²) in [6.45, 7) is 6.35. The largest absolute Gasteiger partial charge is 0.444 e. The van der Waals surface area contributed by atoms with Gasteiger partial charge in [-0.1, -0.05) is 11.6 Å². The van der Waals surface area contributed by atoms with Crippen LogP contribution in [0.3, 0.4) is 0 Å². The van der Waals surface area contributed by atoms with E-state index in [-0.39, 0.29) is 17.2 Å². The highest BCUT2D eigenvalue weighted by molar-refractivity contribution is 6.31. The lowest BCUT2D eigenvalue weighted by Crippen LogP contribution is -2.50. The molecule has 1 amide bonds. The molecule has 2 N–H and O–H groups in total. The molecule has 1 atom stereocenters. The van der Waals surface area contributed by atoms with E-state index in [0.29, 0.717) is 23.5 Å². The number of rotatable bonds is 3. The molecule has 1 aliphatic heterocycles. The van der Waals surface area contributed by atoms with Crippen molar-refractivity contribution >= 4 is 34.3 Å². The lowest BCUT2D eigenvalue weighted by Gasteiger charge is -2.34. The smallest absolute Gasteiger partial charge is 0.433 e. The van der Waals surface area contributed by atoms with E-state index in [4.69, 9.17) is 16.3 Å². The van der Waals surface area contributed by atoms with Crippen LogP contribution in [-0.4, -0.2) is 40.8 Å². The number of halogens is 4. The summed E-state index contributed by atoms with van der Waals surface area (Å²) in [5.41, 5.74) is 1.91. The maximum absolute atomic E-state index is 13.3. The maximum Gasteiger partial charge on any atom is 0.433 e. The molecule has 1 unspecified atom stereocenters. The second-order valence-corrected chi connectivity index (χ2v) is 8.69. The van der Waals surface area contributed by atoms with E-state index in [0.717, 1.165) is 18.9 Å². The number of alkyl carbamates (subject to hydrolysis) is 1. The molecule has 2 aromatic rings. The lowest BCUT2D eigenvalue weighted by atomic mass is 10.1. The van der Waals surface area contributed by atoms with Gasteiger partial charge in [0.1, 0.15) is 11.3 Å². The highest BCUT2D eigenvalue weighted by atomic mass is 35.5. The van der Waals surface area contributed by atoms with E-state index < -0.39 is 23.6 Å². The van der Waals surface area contributed by atoms with Crippen molar-refractivity contribution in [3.8, 4) is 0 Å². The Morgan fingerprint density at radius 1 is 1.27 bits per heavy atom. The number of hydrogen-bond acceptors (Lipinski definition) is 5. The number of fused-ring (bicyclic) bond motifs is 1. The number of carbonyl (C=O) groups is 1. The number of anilines is 1. The van der Waals surface area contributed by atoms with Gasteiger partial charge in [-0.25, -0.2) is 14.8 Å². The Morgan fingerprint density at radius 3 is 2.67 bits per heavy atom. The molecular formula is C20H24ClF3N4O2. The third-order valence-corrected chi connectivity index (χ3v) is 4.72. The molecular weight excluding hydrogens is 421 g/mol. The molecule has 1 saturated heterocycles. The fourth-order valence-corrected chi connectivity index (χ4v) is 3.45. The average Bonchev–Trinajstić information content (AvgIpc) is 2.59. The molecule has 10 heteroatoms. The van der Waals surface area contributed by atoms with Crippen LogP contribution >= 0.6 is 11.6 Å². The normalized spacial score (nSPS) is 18.3. The quantitative estimate of drug-likeness (QED) is 0.679. The zero-order valence-electron chi connectivity index (χ0n) is 16.9. The first kappa shape index (κ1) is 22.4. The number of hydrogen-bond donors (Lipinski definition) is 2. The van der Waals surface area contributed by atoms with E-state index in [1.807, 2.05) is 0 Å². The fraction of sp³-hybridized carbons (Fsp3) is 0.500. The predicted octanol–water partition coefficient (Wildman–Crippen LogP) is 5.22. The van der Waals surface area contributed by atoms with E-state index >= 15 is 0 Å². The number of benzene rings is 1. The van der Waals surface area contributed by atoms with Gasteiger partial charge in [-0.2, -0.15) is 13.2 Å². The van der Waals surface area contributed by atoms with Crippen LogP contribution < -0.4 is 10.7 Å². The highest BCUT2D eigenvalue weighted by Crippen LogP contribution is 2.34. The highest BCUT2D eigenvalue weighted by Gasteiger charge is 2.34. The molecule has 3 rings (SSSR count). The van der Waals surface area contributed by atoms with Crippen molar-refractivity contribution in [1.82, 2.24) is 15.3 Å². The number of nitrogens with one attached hydrogen (secondary N) is 2. The minimum absolute atomic E-state index is 0.192. The Morgan fingerprint density at radius 2 is 2.00 bits per heavy atom. The zero-order valence-corrected chi connectivity index (χ0v) is 17.7. The molecule has 0 aliphatic carbocycles. The Labute approximate surface area is 177 Å². The van der Waals surface area contributed by atoms with Gasteiger partial charge in [-0.05, 0) is 57.9 Å². The van der Waals surface area contributed by atoms with Crippen molar-refractivity contribution in [2.45, 2.75) is 51.4 Å². The maximum atomic E-state index is 13.3. The van der Waals surface area contributed by atoms with Crippen LogP contribution in [0.1, 0.15) is 39.3 Å². The Kier molecular flexibility index (Phi) is 6.33. The van der Waals surface area contributed by atoms with Crippen LogP contribution in [-0.2, 0) is 10.9 Å². The Balaban J connectivity index is 1.79. The zero-order chi connectivity index (χ0) is 22.1. The number of nitrogens with zero attached hydrogens (tertiary/aromatic N) is 2. The second kappa shape index (κ2) is 8.47. The van der Waals surface area contributed by atoms with Crippen LogP contribution in [0.25, 0.3) is 10.9 Å². The van der Waals surface area contributed by atoms with Gasteiger partial charge in [0.2, 0.25) is 0 Å². The fourth-order valence-electron chi connectivity index (χ4n) is 3.28. The summed E-state index contributed by atoms with van der Waals surface area (Å²) < 4.78 is 45.2. The van der Waals surface area contributed by atoms with Crippen LogP contribution in [0.2, 0.25) is 5.02 Å². The molecule has 1 fully saturated rings. The lowest BCUT2D eigenvalue weighted by molar-refractivity contribution is -0.140. The van der Waals surface area contributed by atoms with E-state index in [9.17, 15) is 18.0 Å². The number of piperidine rings is 1. The number of aromatic nitrogens is 1. The van der Waals surface area contributed by atoms with Crippen LogP contribution in [0.15, 0.2) is 24.3 Å². The molecule has 0 bridgehead atoms. The summed E-state index contributed by atoms with van der Waals surface area (Å²) in [7, 11) is 0. The number of ether oxygens (including phenoxy) is 1. The van der Waals surface area contributed by atoms with Crippen LogP contribution in [0.4, 0.5) is 23.7 Å². The number of amides is 1. The van der Waals surface area contributed by atoms with Crippen molar-refractivity contribution in [2.24, 2.45) is 0 Å². The van der Waals surface area contributed by atoms with Crippen molar-refractivity contribution in [1.29, 1.82) is 0 Å². The monoisotopic (exact) mass is 444 g/mol. The molecule has 6 nitrogen and oxygen atoms in total. The topological polar surface area (TPSA) is 66.5 Å². The molecule has 1 aromatic heterocycles. The van der Waals surface area contributed by atoms with Gasteiger partial charge < -0.3 is 15.5 Å². The average molecular weight is 445 g/mol. The van der Waals surface area contributed by atoms with Gasteiger partial charge >= 0.3 is 12.3 Å². The van der Waals surface area contributed by atoms with E-state index in [2.05, 4.69) is 15.7 Å². The SMILES string of the molecule is CC(C)(C)OC(=O)NC1CCCN(Nc2cc(C(F)(F)F)nc3ccc(Cl)cc23)C1. The van der Waals surface area contributed by atoms with E-state index in [1.165, 1.54) is 12.1 Å². The summed E-state index contributed by atoms with van der Waals surface area (Å²) in [6, 6.07) is 5.32. The first-order valence-corrected chi connectivity index (χ1v) is 9.97. The summed E-state index contributed by atoms with van der Waals surface area (Å²) >= 11 is 6.04. The van der Waals surface area contributed by atoms with Crippen LogP contribution in [0.5, 0.6) is 0 Å². The Bertz CT molecular complexity index is 931. The van der Waals surface area contributed by atoms with Crippen molar-refractivity contribution in [3.05, 3.63) is 35.0 Å². The Hall–Kier alpha value is -2.26. The predicted molar refractivity (Wildman–Crippen MR) is 109 cm³/mol. The number of alkyl halides is 3. The first-order valence-electron chi connectivity index (χ1n) is 9.59. The second-order valence-electron chi connectivity index (χ2n) is 8.26. The summed E-state index contributed by atoms with van der Waals surface area (Å²) in [5, 5.41) is 5.48. The summed E-state index contributed by atoms with van der Waals surface area (Å²) in [6.07, 6.45) is -3.60. The molecule has 1 aliphatic rings. The minimum atomic E-state index is -4.58. The molecule has 2 heterocycles. The van der Waals surface area contributed by atoms with E-state index in [1.54, 1.807) is 31.8 Å². The summed E-state index contributed by atoms with van der Waals surface area (Å²) in [4.78, 5) is 15.8. The van der Waals surface area contributed by atoms with Gasteiger partial charge in [0.15, 0.2) is 0 Å². The van der Waals surface area contributed by atoms with Gasteiger partial charge in [-0.15, -0.1) is 0 Å². The van der Waals surface area contributed by atoms with Crippen molar-refractivity contribution in [3.63, 3.8) is 0 Å². The van der Waals surface area contributed by atoms with Crippen molar-refractivity contribution < 1.29 is 22.7 Å². The molecule has 0 spiro atoms. The molecule has 164 valence electrons. The van der Waals surface area contributed by atoms with Gasteiger partial charge in [0.25, 0.3) is 0 Å². The first-order chi connectivity index (χ1) is 13.9. The minimum Gasteiger partial charge on any atom is -0.444 e. The third kappa shape index (κ3) is 5.89. The third-order valence-electron chi connectivity index (χ3n) is 4.48. The molecule has 0 saturated carbocycles. The van der Waals surface area contributed by atoms with Crippen molar-refractivity contribution in [2.75, 3.05) is 18.5 Å². The number of hydrazine groups is 1. The van der Waals surface area contributed by atoms with Gasteiger partial charge in [-0.3, -0.25) is 0 Å². The summed E-state index contributed by atoms with van der Waals surface area (Å²) in [5.74, 6) is 0. The molecule has 30 heavy (non-hydrogen) atoms. The molecule has 0 radical (unpaired) electrons. The molecule has 1 aromatic carbocycles. The standard InChI is InChI=1S/C20H24ClF3N4O2/c1-19(2,3)30-18(29)25-13-5-4-8-28(11-13)27-16-10-17(20(22,23)24)26-15-7-6-12(21)9-14(15)16/h6-7,9-10,13H,4-5,8,11H2,1-3H3,(H,25,29)(H,26,27). The number of pyridine rings is 1.